The van der Waals surface area contributed by atoms with Crippen molar-refractivity contribution >= 4 is 15.9 Å². The number of nitrogens with zero attached hydrogens (tertiary/aromatic N) is 1. The average molecular weight is 298 g/mol. The summed E-state index contributed by atoms with van der Waals surface area (Å²) in [5.41, 5.74) is 5.66. The van der Waals surface area contributed by atoms with Crippen LogP contribution in [0.2, 0.25) is 0 Å². The van der Waals surface area contributed by atoms with E-state index in [2.05, 4.69) is 0 Å². The Labute approximate surface area is 118 Å². The van der Waals surface area contributed by atoms with Crippen molar-refractivity contribution in [3.05, 3.63) is 23.8 Å². The van der Waals surface area contributed by atoms with Crippen molar-refractivity contribution in [1.29, 1.82) is 0 Å². The van der Waals surface area contributed by atoms with Gasteiger partial charge in [-0.1, -0.05) is 0 Å². The highest BCUT2D eigenvalue weighted by atomic mass is 32.2. The fraction of sp³-hybridized carbons (Fsp3) is 0.462. The zero-order chi connectivity index (χ0) is 14.8. The molecule has 7 heteroatoms. The maximum absolute atomic E-state index is 12.4. The van der Waals surface area contributed by atoms with E-state index in [1.807, 2.05) is 0 Å². The van der Waals surface area contributed by atoms with Gasteiger partial charge in [-0.15, -0.1) is 0 Å². The van der Waals surface area contributed by atoms with Gasteiger partial charge in [0.2, 0.25) is 10.0 Å². The SMILES string of the molecule is Cc1cc(S(=O)(=O)N2CCCC2)ccc1OCC(N)=O. The lowest BCUT2D eigenvalue weighted by molar-refractivity contribution is -0.119. The van der Waals surface area contributed by atoms with Crippen molar-refractivity contribution < 1.29 is 17.9 Å². The van der Waals surface area contributed by atoms with Gasteiger partial charge in [0.1, 0.15) is 5.75 Å². The number of aryl methyl sites for hydroxylation is 1. The number of ether oxygens (including phenoxy) is 1. The van der Waals surface area contributed by atoms with Gasteiger partial charge >= 0.3 is 0 Å². The smallest absolute Gasteiger partial charge is 0.255 e. The summed E-state index contributed by atoms with van der Waals surface area (Å²) in [6, 6.07) is 4.61. The van der Waals surface area contributed by atoms with Gasteiger partial charge in [0.25, 0.3) is 5.91 Å². The van der Waals surface area contributed by atoms with E-state index in [0.717, 1.165) is 12.8 Å². The summed E-state index contributed by atoms with van der Waals surface area (Å²) < 4.78 is 31.5. The Bertz CT molecular complexity index is 607. The largest absolute Gasteiger partial charge is 0.484 e. The molecule has 1 aliphatic rings. The minimum Gasteiger partial charge on any atom is -0.484 e. The molecule has 0 spiro atoms. The monoisotopic (exact) mass is 298 g/mol. The van der Waals surface area contributed by atoms with E-state index in [1.54, 1.807) is 19.1 Å². The molecule has 110 valence electrons. The fourth-order valence-corrected chi connectivity index (χ4v) is 3.77. The molecule has 2 rings (SSSR count). The molecule has 1 aromatic rings. The average Bonchev–Trinajstić information content (AvgIpc) is 2.91. The van der Waals surface area contributed by atoms with E-state index >= 15 is 0 Å². The summed E-state index contributed by atoms with van der Waals surface area (Å²) in [4.78, 5) is 10.9. The van der Waals surface area contributed by atoms with Crippen molar-refractivity contribution in [2.45, 2.75) is 24.7 Å². The van der Waals surface area contributed by atoms with Crippen molar-refractivity contribution in [1.82, 2.24) is 4.31 Å². The summed E-state index contributed by atoms with van der Waals surface area (Å²) in [5.74, 6) is -0.109. The Morgan fingerprint density at radius 1 is 1.35 bits per heavy atom. The minimum atomic E-state index is -3.42. The maximum atomic E-state index is 12.4. The highest BCUT2D eigenvalue weighted by molar-refractivity contribution is 7.89. The second-order valence-electron chi connectivity index (χ2n) is 4.79. The third kappa shape index (κ3) is 3.10. The Morgan fingerprint density at radius 2 is 2.00 bits per heavy atom. The van der Waals surface area contributed by atoms with Gasteiger partial charge < -0.3 is 10.5 Å². The Morgan fingerprint density at radius 3 is 2.55 bits per heavy atom. The number of hydrogen-bond donors (Lipinski definition) is 1. The predicted molar refractivity (Wildman–Crippen MR) is 73.9 cm³/mol. The number of primary amides is 1. The molecule has 1 saturated heterocycles. The van der Waals surface area contributed by atoms with Gasteiger partial charge in [0, 0.05) is 13.1 Å². The number of carbonyl (C=O) groups excluding carboxylic acids is 1. The quantitative estimate of drug-likeness (QED) is 0.864. The Kier molecular flexibility index (Phi) is 4.29. The molecule has 0 atom stereocenters. The standard InChI is InChI=1S/C13H18N2O4S/c1-10-8-11(4-5-12(10)19-9-13(14)16)20(17,18)15-6-2-3-7-15/h4-5,8H,2-3,6-7,9H2,1H3,(H2,14,16). The zero-order valence-electron chi connectivity index (χ0n) is 11.3. The lowest BCUT2D eigenvalue weighted by Gasteiger charge is -2.16. The number of amides is 1. The van der Waals surface area contributed by atoms with E-state index in [0.29, 0.717) is 24.4 Å². The highest BCUT2D eigenvalue weighted by Crippen LogP contribution is 2.25. The van der Waals surface area contributed by atoms with Crippen molar-refractivity contribution in [2.75, 3.05) is 19.7 Å². The van der Waals surface area contributed by atoms with E-state index < -0.39 is 15.9 Å². The normalized spacial score (nSPS) is 16.2. The van der Waals surface area contributed by atoms with Crippen LogP contribution in [0.3, 0.4) is 0 Å². The van der Waals surface area contributed by atoms with Crippen LogP contribution in [0.4, 0.5) is 0 Å². The molecule has 1 amide bonds. The second-order valence-corrected chi connectivity index (χ2v) is 6.73. The number of benzene rings is 1. The topological polar surface area (TPSA) is 89.7 Å². The van der Waals surface area contributed by atoms with E-state index in [-0.39, 0.29) is 11.5 Å². The molecular weight excluding hydrogens is 280 g/mol. The first-order valence-electron chi connectivity index (χ1n) is 6.43. The summed E-state index contributed by atoms with van der Waals surface area (Å²) >= 11 is 0. The molecule has 0 saturated carbocycles. The van der Waals surface area contributed by atoms with Gasteiger partial charge in [0.15, 0.2) is 6.61 Å². The molecule has 1 heterocycles. The van der Waals surface area contributed by atoms with Crippen molar-refractivity contribution in [3.8, 4) is 5.75 Å². The van der Waals surface area contributed by atoms with Crippen molar-refractivity contribution in [3.63, 3.8) is 0 Å². The molecule has 1 fully saturated rings. The van der Waals surface area contributed by atoms with Crippen LogP contribution in [0.1, 0.15) is 18.4 Å². The van der Waals surface area contributed by atoms with Crippen LogP contribution in [-0.4, -0.2) is 38.3 Å². The number of carbonyl (C=O) groups is 1. The van der Waals surface area contributed by atoms with Gasteiger partial charge in [0.05, 0.1) is 4.90 Å². The van der Waals surface area contributed by atoms with Gasteiger partial charge in [-0.2, -0.15) is 4.31 Å². The van der Waals surface area contributed by atoms with Crippen LogP contribution in [-0.2, 0) is 14.8 Å². The van der Waals surface area contributed by atoms with E-state index in [9.17, 15) is 13.2 Å². The molecule has 0 unspecified atom stereocenters. The van der Waals surface area contributed by atoms with Gasteiger partial charge in [-0.05, 0) is 43.5 Å². The molecule has 0 bridgehead atoms. The number of sulfonamides is 1. The molecule has 2 N–H and O–H groups in total. The summed E-state index contributed by atoms with van der Waals surface area (Å²) in [6.07, 6.45) is 1.80. The van der Waals surface area contributed by atoms with Gasteiger partial charge in [-0.3, -0.25) is 4.79 Å². The number of hydrogen-bond acceptors (Lipinski definition) is 4. The Balaban J connectivity index is 2.22. The molecule has 6 nitrogen and oxygen atoms in total. The van der Waals surface area contributed by atoms with Crippen LogP contribution < -0.4 is 10.5 Å². The minimum absolute atomic E-state index is 0.223. The summed E-state index contributed by atoms with van der Waals surface area (Å²) in [5, 5.41) is 0. The van der Waals surface area contributed by atoms with Crippen LogP contribution in [0.15, 0.2) is 23.1 Å². The third-order valence-corrected chi connectivity index (χ3v) is 5.11. The fourth-order valence-electron chi connectivity index (χ4n) is 2.17. The first kappa shape index (κ1) is 14.8. The van der Waals surface area contributed by atoms with Crippen molar-refractivity contribution in [2.24, 2.45) is 5.73 Å². The molecule has 20 heavy (non-hydrogen) atoms. The maximum Gasteiger partial charge on any atom is 0.255 e. The lowest BCUT2D eigenvalue weighted by Crippen LogP contribution is -2.27. The number of nitrogens with two attached hydrogens (primary N) is 1. The van der Waals surface area contributed by atoms with E-state index in [1.165, 1.54) is 10.4 Å². The molecule has 1 aromatic carbocycles. The van der Waals surface area contributed by atoms with Crippen LogP contribution >= 0.6 is 0 Å². The first-order chi connectivity index (χ1) is 9.41. The van der Waals surface area contributed by atoms with Crippen LogP contribution in [0.5, 0.6) is 5.75 Å². The number of rotatable bonds is 5. The van der Waals surface area contributed by atoms with E-state index in [4.69, 9.17) is 10.5 Å². The zero-order valence-corrected chi connectivity index (χ0v) is 12.1. The molecule has 0 aliphatic carbocycles. The second kappa shape index (κ2) is 5.80. The molecule has 0 radical (unpaired) electrons. The summed E-state index contributed by atoms with van der Waals surface area (Å²) in [6.45, 7) is 2.65. The molecular formula is C13H18N2O4S. The predicted octanol–water partition coefficient (Wildman–Crippen LogP) is 0.644. The summed E-state index contributed by atoms with van der Waals surface area (Å²) in [7, 11) is -3.42. The lowest BCUT2D eigenvalue weighted by atomic mass is 10.2. The van der Waals surface area contributed by atoms with Gasteiger partial charge in [-0.25, -0.2) is 8.42 Å². The van der Waals surface area contributed by atoms with Crippen LogP contribution in [0.25, 0.3) is 0 Å². The third-order valence-electron chi connectivity index (χ3n) is 3.22. The Hall–Kier alpha value is -1.60. The molecule has 0 aromatic heterocycles. The molecule has 1 aliphatic heterocycles. The van der Waals surface area contributed by atoms with Crippen LogP contribution in [0, 0.1) is 6.92 Å². The first-order valence-corrected chi connectivity index (χ1v) is 7.87. The highest BCUT2D eigenvalue weighted by Gasteiger charge is 2.27.